The van der Waals surface area contributed by atoms with Crippen LogP contribution in [0, 0.1) is 5.82 Å². The Bertz CT molecular complexity index is 1080. The van der Waals surface area contributed by atoms with Gasteiger partial charge >= 0.3 is 0 Å². The topological polar surface area (TPSA) is 71.5 Å². The largest absolute Gasteiger partial charge is 0.368 e. The summed E-state index contributed by atoms with van der Waals surface area (Å²) in [6.45, 7) is 1.40. The van der Waals surface area contributed by atoms with E-state index in [4.69, 9.17) is 9.72 Å². The van der Waals surface area contributed by atoms with Crippen molar-refractivity contribution >= 4 is 11.9 Å². The van der Waals surface area contributed by atoms with Crippen molar-refractivity contribution < 1.29 is 13.9 Å². The van der Waals surface area contributed by atoms with Crippen LogP contribution in [-0.2, 0) is 16.0 Å². The summed E-state index contributed by atoms with van der Waals surface area (Å²) in [6.07, 6.45) is 5.10. The van der Waals surface area contributed by atoms with Gasteiger partial charge in [0.1, 0.15) is 11.9 Å². The third-order valence-electron chi connectivity index (χ3n) is 5.63. The SMILES string of the molecule is CN(C)c1ncc(-c2ccc(F)cc2)c(C2CN(C(=O)CCCc3ccccn3)CCO2)n1. The Morgan fingerprint density at radius 2 is 2.00 bits per heavy atom. The molecule has 0 bridgehead atoms. The second-order valence-electron chi connectivity index (χ2n) is 8.24. The molecule has 0 spiro atoms. The molecule has 33 heavy (non-hydrogen) atoms. The number of benzene rings is 1. The Balaban J connectivity index is 1.50. The van der Waals surface area contributed by atoms with E-state index in [1.165, 1.54) is 12.1 Å². The maximum atomic E-state index is 13.5. The van der Waals surface area contributed by atoms with Crippen LogP contribution >= 0.6 is 0 Å². The molecule has 172 valence electrons. The number of hydrogen-bond donors (Lipinski definition) is 0. The van der Waals surface area contributed by atoms with E-state index in [1.54, 1.807) is 24.5 Å². The third kappa shape index (κ3) is 5.70. The fourth-order valence-electron chi connectivity index (χ4n) is 3.86. The molecule has 0 aliphatic carbocycles. The smallest absolute Gasteiger partial charge is 0.225 e. The zero-order valence-electron chi connectivity index (χ0n) is 18.9. The zero-order valence-corrected chi connectivity index (χ0v) is 18.9. The number of aryl methyl sites for hydroxylation is 1. The molecule has 7 nitrogen and oxygen atoms in total. The summed E-state index contributed by atoms with van der Waals surface area (Å²) >= 11 is 0. The lowest BCUT2D eigenvalue weighted by Crippen LogP contribution is -2.42. The fourth-order valence-corrected chi connectivity index (χ4v) is 3.86. The molecule has 1 atom stereocenters. The molecule has 1 fully saturated rings. The average molecular weight is 450 g/mol. The summed E-state index contributed by atoms with van der Waals surface area (Å²) in [5, 5.41) is 0. The highest BCUT2D eigenvalue weighted by Gasteiger charge is 2.29. The number of ether oxygens (including phenoxy) is 1. The Hall–Kier alpha value is -3.39. The Kier molecular flexibility index (Phi) is 7.24. The first kappa shape index (κ1) is 22.8. The van der Waals surface area contributed by atoms with E-state index >= 15 is 0 Å². The minimum atomic E-state index is -0.389. The van der Waals surface area contributed by atoms with Crippen molar-refractivity contribution in [1.82, 2.24) is 19.9 Å². The minimum Gasteiger partial charge on any atom is -0.368 e. The Morgan fingerprint density at radius 3 is 2.73 bits per heavy atom. The molecule has 0 N–H and O–H groups in total. The van der Waals surface area contributed by atoms with Gasteiger partial charge in [-0.1, -0.05) is 18.2 Å². The fraction of sp³-hybridized carbons (Fsp3) is 0.360. The highest BCUT2D eigenvalue weighted by atomic mass is 19.1. The molecular formula is C25H28FN5O2. The molecule has 0 saturated carbocycles. The number of pyridine rings is 1. The van der Waals surface area contributed by atoms with Gasteiger partial charge in [-0.25, -0.2) is 14.4 Å². The van der Waals surface area contributed by atoms with Crippen molar-refractivity contribution in [3.8, 4) is 11.1 Å². The lowest BCUT2D eigenvalue weighted by atomic mass is 10.0. The van der Waals surface area contributed by atoms with Gasteiger partial charge in [0.15, 0.2) is 0 Å². The first-order valence-electron chi connectivity index (χ1n) is 11.1. The van der Waals surface area contributed by atoms with E-state index in [0.29, 0.717) is 37.8 Å². The number of carbonyl (C=O) groups excluding carboxylic acids is 1. The first-order chi connectivity index (χ1) is 16.0. The maximum Gasteiger partial charge on any atom is 0.225 e. The van der Waals surface area contributed by atoms with Gasteiger partial charge in [0.25, 0.3) is 0 Å². The van der Waals surface area contributed by atoms with E-state index in [9.17, 15) is 9.18 Å². The van der Waals surface area contributed by atoms with Gasteiger partial charge < -0.3 is 14.5 Å². The number of morpholine rings is 1. The van der Waals surface area contributed by atoms with Crippen molar-refractivity contribution in [3.63, 3.8) is 0 Å². The summed E-state index contributed by atoms with van der Waals surface area (Å²) in [4.78, 5) is 30.1. The number of amides is 1. The number of halogens is 1. The molecule has 1 amide bonds. The van der Waals surface area contributed by atoms with Gasteiger partial charge in [0.2, 0.25) is 11.9 Å². The van der Waals surface area contributed by atoms with Crippen molar-refractivity contribution in [3.05, 3.63) is 72.1 Å². The molecule has 1 aliphatic rings. The highest BCUT2D eigenvalue weighted by molar-refractivity contribution is 5.76. The molecule has 2 aromatic heterocycles. The molecule has 3 heterocycles. The number of anilines is 1. The van der Waals surface area contributed by atoms with E-state index in [2.05, 4.69) is 9.97 Å². The van der Waals surface area contributed by atoms with Crippen molar-refractivity contribution in [2.24, 2.45) is 0 Å². The number of carbonyl (C=O) groups is 1. The second-order valence-corrected chi connectivity index (χ2v) is 8.24. The summed E-state index contributed by atoms with van der Waals surface area (Å²) in [5.41, 5.74) is 3.27. The highest BCUT2D eigenvalue weighted by Crippen LogP contribution is 2.32. The molecule has 1 saturated heterocycles. The van der Waals surface area contributed by atoms with Gasteiger partial charge in [-0.3, -0.25) is 9.78 Å². The average Bonchev–Trinajstić information content (AvgIpc) is 2.85. The summed E-state index contributed by atoms with van der Waals surface area (Å²) in [6, 6.07) is 12.1. The van der Waals surface area contributed by atoms with E-state index in [0.717, 1.165) is 29.7 Å². The van der Waals surface area contributed by atoms with Crippen LogP contribution in [0.4, 0.5) is 10.3 Å². The van der Waals surface area contributed by atoms with Gasteiger partial charge in [0.05, 0.1) is 18.8 Å². The van der Waals surface area contributed by atoms with Crippen LogP contribution in [0.5, 0.6) is 0 Å². The lowest BCUT2D eigenvalue weighted by Gasteiger charge is -2.33. The van der Waals surface area contributed by atoms with Crippen LogP contribution in [0.3, 0.4) is 0 Å². The predicted molar refractivity (Wildman–Crippen MR) is 124 cm³/mol. The Morgan fingerprint density at radius 1 is 1.18 bits per heavy atom. The standard InChI is InChI=1S/C25H28FN5O2/c1-30(2)25-28-16-21(18-9-11-19(26)12-10-18)24(29-25)22-17-31(14-15-33-22)23(32)8-5-7-20-6-3-4-13-27-20/h3-4,6,9-13,16,22H,5,7-8,14-15,17H2,1-2H3. The minimum absolute atomic E-state index is 0.101. The molecule has 1 aliphatic heterocycles. The van der Waals surface area contributed by atoms with E-state index in [-0.39, 0.29) is 17.8 Å². The molecule has 8 heteroatoms. The van der Waals surface area contributed by atoms with Crippen molar-refractivity contribution in [2.45, 2.75) is 25.4 Å². The van der Waals surface area contributed by atoms with Gasteiger partial charge in [-0.05, 0) is 42.7 Å². The number of hydrogen-bond acceptors (Lipinski definition) is 6. The predicted octanol–water partition coefficient (Wildman–Crippen LogP) is 3.67. The van der Waals surface area contributed by atoms with Gasteiger partial charge in [0, 0.05) is 50.7 Å². The number of aromatic nitrogens is 3. The molecular weight excluding hydrogens is 421 g/mol. The first-order valence-corrected chi connectivity index (χ1v) is 11.1. The third-order valence-corrected chi connectivity index (χ3v) is 5.63. The molecule has 3 aromatic rings. The normalized spacial score (nSPS) is 16.0. The Labute approximate surface area is 193 Å². The lowest BCUT2D eigenvalue weighted by molar-refractivity contribution is -0.139. The van der Waals surface area contributed by atoms with Crippen LogP contribution in [0.1, 0.15) is 30.3 Å². The van der Waals surface area contributed by atoms with E-state index < -0.39 is 0 Å². The second kappa shape index (κ2) is 10.5. The number of nitrogens with zero attached hydrogens (tertiary/aromatic N) is 5. The van der Waals surface area contributed by atoms with Gasteiger partial charge in [-0.15, -0.1) is 0 Å². The van der Waals surface area contributed by atoms with Gasteiger partial charge in [-0.2, -0.15) is 0 Å². The quantitative estimate of drug-likeness (QED) is 0.548. The van der Waals surface area contributed by atoms with Crippen LogP contribution in [0.2, 0.25) is 0 Å². The van der Waals surface area contributed by atoms with Crippen molar-refractivity contribution in [1.29, 1.82) is 0 Å². The molecule has 0 radical (unpaired) electrons. The number of rotatable bonds is 7. The molecule has 1 aromatic carbocycles. The van der Waals surface area contributed by atoms with E-state index in [1.807, 2.05) is 42.1 Å². The van der Waals surface area contributed by atoms with Crippen LogP contribution in [-0.4, -0.2) is 59.6 Å². The van der Waals surface area contributed by atoms with Crippen LogP contribution in [0.15, 0.2) is 54.9 Å². The summed E-state index contributed by atoms with van der Waals surface area (Å²) in [5.74, 6) is 0.352. The summed E-state index contributed by atoms with van der Waals surface area (Å²) in [7, 11) is 3.74. The van der Waals surface area contributed by atoms with Crippen LogP contribution in [0.25, 0.3) is 11.1 Å². The molecule has 4 rings (SSSR count). The maximum absolute atomic E-state index is 13.5. The summed E-state index contributed by atoms with van der Waals surface area (Å²) < 4.78 is 19.5. The van der Waals surface area contributed by atoms with Crippen molar-refractivity contribution in [2.75, 3.05) is 38.7 Å². The monoisotopic (exact) mass is 449 g/mol. The molecule has 1 unspecified atom stereocenters. The zero-order chi connectivity index (χ0) is 23.2. The van der Waals surface area contributed by atoms with Crippen LogP contribution < -0.4 is 4.90 Å².